The fourth-order valence-electron chi connectivity index (χ4n) is 3.22. The van der Waals surface area contributed by atoms with Gasteiger partial charge in [0.15, 0.2) is 5.16 Å². The number of carbonyl (C=O) groups excluding carboxylic acids is 2. The fourth-order valence-corrected chi connectivity index (χ4v) is 4.22. The number of hydrogen-bond donors (Lipinski definition) is 2. The lowest BCUT2D eigenvalue weighted by atomic mass is 10.2. The number of aromatic nitrogens is 2. The number of halogens is 1. The second kappa shape index (κ2) is 8.77. The summed E-state index contributed by atoms with van der Waals surface area (Å²) in [6.07, 6.45) is 5.19. The number of nitrogens with one attached hydrogen (secondary N) is 2. The topological polar surface area (TPSA) is 76.0 Å². The van der Waals surface area contributed by atoms with Crippen LogP contribution in [-0.4, -0.2) is 33.3 Å². The number of rotatable bonds is 6. The summed E-state index contributed by atoms with van der Waals surface area (Å²) in [7, 11) is 0. The number of urea groups is 1. The van der Waals surface area contributed by atoms with Crippen molar-refractivity contribution >= 4 is 46.3 Å². The average molecular weight is 395 g/mol. The van der Waals surface area contributed by atoms with Gasteiger partial charge in [0.05, 0.1) is 16.8 Å². The maximum atomic E-state index is 12.1. The Morgan fingerprint density at radius 3 is 2.85 bits per heavy atom. The molecule has 6 nitrogen and oxygen atoms in total. The van der Waals surface area contributed by atoms with Crippen molar-refractivity contribution < 1.29 is 9.59 Å². The molecule has 2 aromatic rings. The smallest absolute Gasteiger partial charge is 0.321 e. The lowest BCUT2D eigenvalue weighted by Gasteiger charge is -2.12. The molecule has 0 saturated heterocycles. The Kier molecular flexibility index (Phi) is 6.43. The zero-order chi connectivity index (χ0) is 18.5. The molecule has 0 bridgehead atoms. The molecule has 1 aliphatic rings. The van der Waals surface area contributed by atoms with Gasteiger partial charge in [0, 0.05) is 17.6 Å². The predicted molar refractivity (Wildman–Crippen MR) is 105 cm³/mol. The standard InChI is InChI=1S/C18H23ClN4O2S/c1-2-9-23-15-8-7-12(19)10-14(15)21-18(23)26-11-16(24)22-17(25)20-13-5-3-4-6-13/h7-8,10,13H,2-6,9,11H2,1H3,(H2,20,22,24,25). The summed E-state index contributed by atoms with van der Waals surface area (Å²) < 4.78 is 2.09. The number of benzene rings is 1. The van der Waals surface area contributed by atoms with Crippen LogP contribution in [0.5, 0.6) is 0 Å². The molecule has 140 valence electrons. The van der Waals surface area contributed by atoms with Crippen LogP contribution in [0.3, 0.4) is 0 Å². The fraction of sp³-hybridized carbons (Fsp3) is 0.500. The largest absolute Gasteiger partial charge is 0.335 e. The van der Waals surface area contributed by atoms with Gasteiger partial charge in [-0.25, -0.2) is 9.78 Å². The minimum Gasteiger partial charge on any atom is -0.335 e. The summed E-state index contributed by atoms with van der Waals surface area (Å²) in [5, 5.41) is 6.65. The lowest BCUT2D eigenvalue weighted by Crippen LogP contribution is -2.44. The second-order valence-corrected chi connectivity index (χ2v) is 7.85. The number of carbonyl (C=O) groups is 2. The summed E-state index contributed by atoms with van der Waals surface area (Å²) in [4.78, 5) is 28.6. The molecule has 1 aliphatic carbocycles. The van der Waals surface area contributed by atoms with Gasteiger partial charge < -0.3 is 9.88 Å². The van der Waals surface area contributed by atoms with E-state index in [0.717, 1.165) is 54.8 Å². The number of fused-ring (bicyclic) bond motifs is 1. The van der Waals surface area contributed by atoms with Crippen molar-refractivity contribution in [2.24, 2.45) is 0 Å². The van der Waals surface area contributed by atoms with Crippen molar-refractivity contribution in [2.45, 2.75) is 56.8 Å². The summed E-state index contributed by atoms with van der Waals surface area (Å²) in [5.41, 5.74) is 1.81. The molecular formula is C18H23ClN4O2S. The first-order chi connectivity index (χ1) is 12.6. The molecule has 3 amide bonds. The number of imidazole rings is 1. The van der Waals surface area contributed by atoms with Crippen LogP contribution in [-0.2, 0) is 11.3 Å². The molecule has 1 aromatic carbocycles. The zero-order valence-electron chi connectivity index (χ0n) is 14.8. The van der Waals surface area contributed by atoms with Gasteiger partial charge in [0.1, 0.15) is 0 Å². The van der Waals surface area contributed by atoms with E-state index in [1.807, 2.05) is 18.2 Å². The van der Waals surface area contributed by atoms with Crippen LogP contribution < -0.4 is 10.6 Å². The summed E-state index contributed by atoms with van der Waals surface area (Å²) in [6, 6.07) is 5.39. The number of thioether (sulfide) groups is 1. The second-order valence-electron chi connectivity index (χ2n) is 6.47. The Hall–Kier alpha value is -1.73. The van der Waals surface area contributed by atoms with E-state index in [0.29, 0.717) is 5.02 Å². The van der Waals surface area contributed by atoms with Gasteiger partial charge in [-0.3, -0.25) is 10.1 Å². The maximum Gasteiger partial charge on any atom is 0.321 e. The van der Waals surface area contributed by atoms with Gasteiger partial charge in [-0.05, 0) is 37.5 Å². The van der Waals surface area contributed by atoms with Crippen molar-refractivity contribution in [3.8, 4) is 0 Å². The molecule has 0 radical (unpaired) electrons. The number of imide groups is 1. The Balaban J connectivity index is 1.60. The minimum absolute atomic E-state index is 0.138. The van der Waals surface area contributed by atoms with E-state index >= 15 is 0 Å². The molecule has 1 fully saturated rings. The van der Waals surface area contributed by atoms with Crippen molar-refractivity contribution in [3.05, 3.63) is 23.2 Å². The molecule has 0 aliphatic heterocycles. The van der Waals surface area contributed by atoms with Gasteiger partial charge in [0.2, 0.25) is 5.91 Å². The number of aryl methyl sites for hydroxylation is 1. The SMILES string of the molecule is CCCn1c(SCC(=O)NC(=O)NC2CCCC2)nc2cc(Cl)ccc21. The maximum absolute atomic E-state index is 12.1. The van der Waals surface area contributed by atoms with Gasteiger partial charge >= 0.3 is 6.03 Å². The lowest BCUT2D eigenvalue weighted by molar-refractivity contribution is -0.117. The summed E-state index contributed by atoms with van der Waals surface area (Å²) in [5.74, 6) is -0.183. The van der Waals surface area contributed by atoms with Crippen LogP contribution in [0, 0.1) is 0 Å². The normalized spacial score (nSPS) is 14.7. The molecule has 1 saturated carbocycles. The summed E-state index contributed by atoms with van der Waals surface area (Å²) in [6.45, 7) is 2.90. The van der Waals surface area contributed by atoms with Crippen molar-refractivity contribution in [3.63, 3.8) is 0 Å². The minimum atomic E-state index is -0.406. The zero-order valence-corrected chi connectivity index (χ0v) is 16.3. The van der Waals surface area contributed by atoms with Crippen LogP contribution >= 0.6 is 23.4 Å². The third kappa shape index (κ3) is 4.71. The first-order valence-corrected chi connectivity index (χ1v) is 10.3. The quantitative estimate of drug-likeness (QED) is 0.727. The van der Waals surface area contributed by atoms with Gasteiger partial charge in [0.25, 0.3) is 0 Å². The summed E-state index contributed by atoms with van der Waals surface area (Å²) >= 11 is 7.38. The van der Waals surface area contributed by atoms with Gasteiger partial charge in [-0.2, -0.15) is 0 Å². The number of nitrogens with zero attached hydrogens (tertiary/aromatic N) is 2. The Labute approximate surface area is 162 Å². The highest BCUT2D eigenvalue weighted by molar-refractivity contribution is 7.99. The van der Waals surface area contributed by atoms with Gasteiger partial charge in [-0.15, -0.1) is 0 Å². The Bertz CT molecular complexity index is 802. The number of amides is 3. The van der Waals surface area contributed by atoms with Crippen LogP contribution in [0.1, 0.15) is 39.0 Å². The molecule has 2 N–H and O–H groups in total. The van der Waals surface area contributed by atoms with E-state index in [-0.39, 0.29) is 17.7 Å². The molecule has 26 heavy (non-hydrogen) atoms. The predicted octanol–water partition coefficient (Wildman–Crippen LogP) is 3.96. The van der Waals surface area contributed by atoms with E-state index in [4.69, 9.17) is 11.6 Å². The highest BCUT2D eigenvalue weighted by Crippen LogP contribution is 2.26. The molecule has 0 spiro atoms. The molecular weight excluding hydrogens is 372 g/mol. The molecule has 1 heterocycles. The van der Waals surface area contributed by atoms with Crippen molar-refractivity contribution in [2.75, 3.05) is 5.75 Å². The van der Waals surface area contributed by atoms with E-state index in [1.54, 1.807) is 0 Å². The third-order valence-electron chi connectivity index (χ3n) is 4.40. The van der Waals surface area contributed by atoms with E-state index in [9.17, 15) is 9.59 Å². The first-order valence-electron chi connectivity index (χ1n) is 8.95. The van der Waals surface area contributed by atoms with Gasteiger partial charge in [-0.1, -0.05) is 43.1 Å². The van der Waals surface area contributed by atoms with E-state index < -0.39 is 6.03 Å². The Morgan fingerprint density at radius 1 is 1.35 bits per heavy atom. The molecule has 1 aromatic heterocycles. The average Bonchev–Trinajstić information content (AvgIpc) is 3.21. The Morgan fingerprint density at radius 2 is 2.12 bits per heavy atom. The van der Waals surface area contributed by atoms with Crippen molar-refractivity contribution in [1.82, 2.24) is 20.2 Å². The molecule has 0 unspecified atom stereocenters. The third-order valence-corrected chi connectivity index (χ3v) is 5.61. The molecule has 0 atom stereocenters. The highest BCUT2D eigenvalue weighted by atomic mass is 35.5. The monoisotopic (exact) mass is 394 g/mol. The van der Waals surface area contributed by atoms with Crippen LogP contribution in [0.2, 0.25) is 5.02 Å². The van der Waals surface area contributed by atoms with Crippen LogP contribution in [0.15, 0.2) is 23.4 Å². The number of hydrogen-bond acceptors (Lipinski definition) is 4. The van der Waals surface area contributed by atoms with Crippen LogP contribution in [0.4, 0.5) is 4.79 Å². The van der Waals surface area contributed by atoms with Crippen molar-refractivity contribution in [1.29, 1.82) is 0 Å². The molecule has 3 rings (SSSR count). The highest BCUT2D eigenvalue weighted by Gasteiger charge is 2.19. The van der Waals surface area contributed by atoms with E-state index in [1.165, 1.54) is 11.8 Å². The van der Waals surface area contributed by atoms with Crippen LogP contribution in [0.25, 0.3) is 11.0 Å². The van der Waals surface area contributed by atoms with E-state index in [2.05, 4.69) is 27.1 Å². The molecule has 8 heteroatoms. The first kappa shape index (κ1) is 19.0.